The van der Waals surface area contributed by atoms with Gasteiger partial charge in [-0.25, -0.2) is 4.79 Å². The van der Waals surface area contributed by atoms with E-state index in [4.69, 9.17) is 14.2 Å². The fourth-order valence-corrected chi connectivity index (χ4v) is 2.91. The van der Waals surface area contributed by atoms with E-state index < -0.39 is 11.9 Å². The van der Waals surface area contributed by atoms with Crippen LogP contribution in [0.25, 0.3) is 0 Å². The van der Waals surface area contributed by atoms with Gasteiger partial charge >= 0.3 is 5.97 Å². The predicted octanol–water partition coefficient (Wildman–Crippen LogP) is 2.54. The van der Waals surface area contributed by atoms with Gasteiger partial charge < -0.3 is 19.5 Å². The summed E-state index contributed by atoms with van der Waals surface area (Å²) in [6, 6.07) is 7.47. The third-order valence-corrected chi connectivity index (χ3v) is 3.95. The summed E-state index contributed by atoms with van der Waals surface area (Å²) >= 11 is 0. The molecule has 1 aliphatic rings. The molecule has 25 heavy (non-hydrogen) atoms. The molecule has 6 nitrogen and oxygen atoms in total. The van der Waals surface area contributed by atoms with Gasteiger partial charge in [0.2, 0.25) is 5.91 Å². The number of hydrogen-bond acceptors (Lipinski definition) is 5. The molecule has 0 aromatic heterocycles. The van der Waals surface area contributed by atoms with Crippen LogP contribution in [-0.2, 0) is 19.1 Å². The highest BCUT2D eigenvalue weighted by Crippen LogP contribution is 2.38. The van der Waals surface area contributed by atoms with E-state index in [1.165, 1.54) is 0 Å². The van der Waals surface area contributed by atoms with Gasteiger partial charge in [0, 0.05) is 30.2 Å². The van der Waals surface area contributed by atoms with E-state index in [9.17, 15) is 9.59 Å². The van der Waals surface area contributed by atoms with E-state index in [0.717, 1.165) is 5.56 Å². The number of rotatable bonds is 8. The molecule has 136 valence electrons. The van der Waals surface area contributed by atoms with Crippen LogP contribution < -0.4 is 10.1 Å². The fraction of sp³-hybridized carbons (Fsp3) is 0.474. The Kier molecular flexibility index (Phi) is 7.01. The minimum Gasteiger partial charge on any atom is -0.494 e. The van der Waals surface area contributed by atoms with Crippen LogP contribution in [0.3, 0.4) is 0 Å². The van der Waals surface area contributed by atoms with Gasteiger partial charge in [-0.3, -0.25) is 4.79 Å². The number of benzene rings is 1. The van der Waals surface area contributed by atoms with Crippen molar-refractivity contribution < 1.29 is 23.8 Å². The molecule has 0 radical (unpaired) electrons. The van der Waals surface area contributed by atoms with Crippen LogP contribution in [0.2, 0.25) is 0 Å². The fourth-order valence-electron chi connectivity index (χ4n) is 2.91. The Labute approximate surface area is 148 Å². The van der Waals surface area contributed by atoms with Gasteiger partial charge in [0.25, 0.3) is 0 Å². The number of nitrogens with one attached hydrogen (secondary N) is 1. The lowest BCUT2D eigenvalue weighted by Gasteiger charge is -2.27. The van der Waals surface area contributed by atoms with E-state index in [1.54, 1.807) is 6.92 Å². The third kappa shape index (κ3) is 4.82. The average molecular weight is 347 g/mol. The maximum absolute atomic E-state index is 12.6. The molecule has 1 aliphatic heterocycles. The largest absolute Gasteiger partial charge is 0.494 e. The summed E-state index contributed by atoms with van der Waals surface area (Å²) in [6.45, 7) is 7.09. The number of ether oxygens (including phenoxy) is 3. The van der Waals surface area contributed by atoms with E-state index in [0.29, 0.717) is 36.8 Å². The first-order valence-electron chi connectivity index (χ1n) is 8.55. The molecule has 0 aliphatic carbocycles. The lowest BCUT2D eigenvalue weighted by Crippen LogP contribution is -2.34. The number of para-hydroxylation sites is 1. The SMILES string of the molecule is CCOCCOC(=O)C1=C(C)NC(=O)C[C@H]1c1ccccc1OCC. The van der Waals surface area contributed by atoms with Gasteiger partial charge in [-0.2, -0.15) is 0 Å². The van der Waals surface area contributed by atoms with Crippen molar-refractivity contribution in [2.24, 2.45) is 0 Å². The summed E-state index contributed by atoms with van der Waals surface area (Å²) in [5.74, 6) is -0.276. The van der Waals surface area contributed by atoms with Crippen molar-refractivity contribution in [1.29, 1.82) is 0 Å². The number of allylic oxidation sites excluding steroid dienone is 1. The molecule has 1 aromatic carbocycles. The highest BCUT2D eigenvalue weighted by atomic mass is 16.6. The molecule has 0 spiro atoms. The Morgan fingerprint density at radius 1 is 1.20 bits per heavy atom. The first-order chi connectivity index (χ1) is 12.1. The molecule has 0 unspecified atom stereocenters. The average Bonchev–Trinajstić information content (AvgIpc) is 2.58. The molecule has 2 rings (SSSR count). The van der Waals surface area contributed by atoms with Crippen molar-refractivity contribution in [2.45, 2.75) is 33.1 Å². The summed E-state index contributed by atoms with van der Waals surface area (Å²) in [5, 5.41) is 2.73. The molecule has 1 heterocycles. The van der Waals surface area contributed by atoms with Crippen LogP contribution >= 0.6 is 0 Å². The van der Waals surface area contributed by atoms with Crippen LogP contribution in [0, 0.1) is 0 Å². The second kappa shape index (κ2) is 9.22. The van der Waals surface area contributed by atoms with E-state index in [2.05, 4.69) is 5.32 Å². The molecule has 0 fully saturated rings. The maximum Gasteiger partial charge on any atom is 0.336 e. The second-order valence-electron chi connectivity index (χ2n) is 5.65. The Morgan fingerprint density at radius 2 is 1.96 bits per heavy atom. The van der Waals surface area contributed by atoms with Crippen LogP contribution in [-0.4, -0.2) is 38.3 Å². The lowest BCUT2D eigenvalue weighted by molar-refractivity contribution is -0.141. The van der Waals surface area contributed by atoms with Crippen molar-refractivity contribution in [2.75, 3.05) is 26.4 Å². The number of amides is 1. The normalized spacial score (nSPS) is 17.2. The van der Waals surface area contributed by atoms with Gasteiger partial charge in [-0.05, 0) is 26.8 Å². The zero-order chi connectivity index (χ0) is 18.2. The number of esters is 1. The molecular weight excluding hydrogens is 322 g/mol. The summed E-state index contributed by atoms with van der Waals surface area (Å²) in [4.78, 5) is 24.6. The van der Waals surface area contributed by atoms with Crippen LogP contribution in [0.4, 0.5) is 0 Å². The van der Waals surface area contributed by atoms with E-state index >= 15 is 0 Å². The van der Waals surface area contributed by atoms with Crippen LogP contribution in [0.5, 0.6) is 5.75 Å². The summed E-state index contributed by atoms with van der Waals surface area (Å²) in [5.41, 5.74) is 1.80. The molecule has 1 N–H and O–H groups in total. The summed E-state index contributed by atoms with van der Waals surface area (Å²) < 4.78 is 16.2. The molecular formula is C19H25NO5. The quantitative estimate of drug-likeness (QED) is 0.578. The Bertz CT molecular complexity index is 653. The lowest BCUT2D eigenvalue weighted by atomic mass is 9.84. The van der Waals surface area contributed by atoms with E-state index in [1.807, 2.05) is 38.1 Å². The van der Waals surface area contributed by atoms with Gasteiger partial charge in [-0.1, -0.05) is 18.2 Å². The second-order valence-corrected chi connectivity index (χ2v) is 5.65. The number of carbonyl (C=O) groups is 2. The predicted molar refractivity (Wildman–Crippen MR) is 93.3 cm³/mol. The Hall–Kier alpha value is -2.34. The molecule has 1 atom stereocenters. The minimum absolute atomic E-state index is 0.125. The summed E-state index contributed by atoms with van der Waals surface area (Å²) in [6.07, 6.45) is 0.178. The molecule has 0 saturated carbocycles. The first kappa shape index (κ1) is 19.0. The Morgan fingerprint density at radius 3 is 2.68 bits per heavy atom. The zero-order valence-electron chi connectivity index (χ0n) is 15.0. The van der Waals surface area contributed by atoms with Crippen LogP contribution in [0.15, 0.2) is 35.5 Å². The number of carbonyl (C=O) groups excluding carboxylic acids is 2. The maximum atomic E-state index is 12.6. The molecule has 1 amide bonds. The zero-order valence-corrected chi connectivity index (χ0v) is 15.0. The van der Waals surface area contributed by atoms with Crippen molar-refractivity contribution in [3.63, 3.8) is 0 Å². The topological polar surface area (TPSA) is 73.9 Å². The molecule has 0 bridgehead atoms. The van der Waals surface area contributed by atoms with Crippen molar-refractivity contribution in [3.8, 4) is 5.75 Å². The standard InChI is InChI=1S/C19H25NO5/c1-4-23-10-11-25-19(22)18-13(3)20-17(21)12-15(18)14-8-6-7-9-16(14)24-5-2/h6-9,15H,4-5,10-12H2,1-3H3,(H,20,21)/t15-/m0/s1. The highest BCUT2D eigenvalue weighted by Gasteiger charge is 2.34. The first-order valence-corrected chi connectivity index (χ1v) is 8.55. The van der Waals surface area contributed by atoms with Crippen LogP contribution in [0.1, 0.15) is 38.7 Å². The third-order valence-electron chi connectivity index (χ3n) is 3.95. The summed E-state index contributed by atoms with van der Waals surface area (Å²) in [7, 11) is 0. The van der Waals surface area contributed by atoms with Gasteiger partial charge in [0.1, 0.15) is 12.4 Å². The minimum atomic E-state index is -0.437. The van der Waals surface area contributed by atoms with Crippen molar-refractivity contribution in [1.82, 2.24) is 5.32 Å². The van der Waals surface area contributed by atoms with Crippen molar-refractivity contribution >= 4 is 11.9 Å². The molecule has 0 saturated heterocycles. The smallest absolute Gasteiger partial charge is 0.336 e. The van der Waals surface area contributed by atoms with Crippen molar-refractivity contribution in [3.05, 3.63) is 41.1 Å². The van der Waals surface area contributed by atoms with Gasteiger partial charge in [-0.15, -0.1) is 0 Å². The monoisotopic (exact) mass is 347 g/mol. The molecule has 1 aromatic rings. The van der Waals surface area contributed by atoms with E-state index in [-0.39, 0.29) is 18.9 Å². The molecule has 6 heteroatoms. The Balaban J connectivity index is 2.29. The highest BCUT2D eigenvalue weighted by molar-refractivity contribution is 5.96. The number of hydrogen-bond donors (Lipinski definition) is 1. The van der Waals surface area contributed by atoms with Gasteiger partial charge in [0.15, 0.2) is 0 Å². The van der Waals surface area contributed by atoms with Gasteiger partial charge in [0.05, 0.1) is 18.8 Å².